The van der Waals surface area contributed by atoms with Gasteiger partial charge >= 0.3 is 0 Å². The number of amides is 1. The average molecular weight is 313 g/mol. The van der Waals surface area contributed by atoms with E-state index in [0.29, 0.717) is 21.1 Å². The molecule has 0 aliphatic heterocycles. The second kappa shape index (κ2) is 5.25. The minimum Gasteiger partial charge on any atom is -0.320 e. The van der Waals surface area contributed by atoms with Crippen LogP contribution in [-0.2, 0) is 0 Å². The molecule has 1 N–H and O–H groups in total. The lowest BCUT2D eigenvalue weighted by molar-refractivity contribution is 0.102. The molecule has 0 unspecified atom stereocenters. The number of anilines is 1. The maximum absolute atomic E-state index is 11.8. The number of halogens is 2. The van der Waals surface area contributed by atoms with Crippen molar-refractivity contribution in [2.45, 2.75) is 0 Å². The van der Waals surface area contributed by atoms with Gasteiger partial charge in [0.2, 0.25) is 0 Å². The van der Waals surface area contributed by atoms with E-state index in [9.17, 15) is 4.79 Å². The Labute approximate surface area is 111 Å². The Morgan fingerprint density at radius 2 is 2.18 bits per heavy atom. The van der Waals surface area contributed by atoms with Crippen molar-refractivity contribution in [3.63, 3.8) is 0 Å². The van der Waals surface area contributed by atoms with E-state index in [0.717, 1.165) is 0 Å². The third-order valence-electron chi connectivity index (χ3n) is 1.93. The smallest absolute Gasteiger partial charge is 0.274 e. The van der Waals surface area contributed by atoms with Crippen molar-refractivity contribution in [3.8, 4) is 0 Å². The molecular formula is C11H7BrClN3O. The lowest BCUT2D eigenvalue weighted by Crippen LogP contribution is -2.13. The Hall–Kier alpha value is -1.46. The van der Waals surface area contributed by atoms with Gasteiger partial charge in [-0.1, -0.05) is 17.7 Å². The van der Waals surface area contributed by atoms with Crippen LogP contribution >= 0.6 is 27.5 Å². The zero-order valence-corrected chi connectivity index (χ0v) is 10.9. The summed E-state index contributed by atoms with van der Waals surface area (Å²) in [6.07, 6.45) is 1.52. The first-order valence-corrected chi connectivity index (χ1v) is 5.88. The molecule has 0 aromatic carbocycles. The number of aromatic nitrogens is 2. The van der Waals surface area contributed by atoms with Gasteiger partial charge in [-0.15, -0.1) is 0 Å². The average Bonchev–Trinajstić information content (AvgIpc) is 2.29. The summed E-state index contributed by atoms with van der Waals surface area (Å²) in [6.45, 7) is 0. The van der Waals surface area contributed by atoms with Gasteiger partial charge in [-0.3, -0.25) is 4.79 Å². The molecule has 0 spiro atoms. The van der Waals surface area contributed by atoms with Crippen molar-refractivity contribution in [2.24, 2.45) is 0 Å². The summed E-state index contributed by atoms with van der Waals surface area (Å²) in [4.78, 5) is 19.7. The molecule has 2 aromatic rings. The van der Waals surface area contributed by atoms with Gasteiger partial charge in [-0.05, 0) is 40.2 Å². The number of nitrogens with zero attached hydrogens (tertiary/aromatic N) is 2. The van der Waals surface area contributed by atoms with E-state index in [1.165, 1.54) is 6.20 Å². The molecule has 17 heavy (non-hydrogen) atoms. The number of hydrogen-bond donors (Lipinski definition) is 1. The van der Waals surface area contributed by atoms with Crippen molar-refractivity contribution in [3.05, 3.63) is 52.0 Å². The summed E-state index contributed by atoms with van der Waals surface area (Å²) < 4.78 is 0.609. The lowest BCUT2D eigenvalue weighted by Gasteiger charge is -2.04. The van der Waals surface area contributed by atoms with E-state index in [4.69, 9.17) is 11.6 Å². The molecule has 0 atom stereocenters. The highest BCUT2D eigenvalue weighted by Gasteiger charge is 2.08. The lowest BCUT2D eigenvalue weighted by atomic mass is 10.3. The summed E-state index contributed by atoms with van der Waals surface area (Å²) in [6, 6.07) is 8.34. The fourth-order valence-corrected chi connectivity index (χ4v) is 1.73. The van der Waals surface area contributed by atoms with E-state index in [2.05, 4.69) is 31.2 Å². The molecule has 2 heterocycles. The minimum atomic E-state index is -0.298. The van der Waals surface area contributed by atoms with E-state index in [1.807, 2.05) is 0 Å². The molecule has 2 aromatic heterocycles. The highest BCUT2D eigenvalue weighted by Crippen LogP contribution is 2.13. The van der Waals surface area contributed by atoms with Crippen molar-refractivity contribution >= 4 is 39.1 Å². The summed E-state index contributed by atoms with van der Waals surface area (Å²) in [7, 11) is 0. The molecule has 4 nitrogen and oxygen atoms in total. The topological polar surface area (TPSA) is 54.9 Å². The summed E-state index contributed by atoms with van der Waals surface area (Å²) in [5.41, 5.74) is 0.907. The van der Waals surface area contributed by atoms with Crippen LogP contribution in [0.4, 0.5) is 5.69 Å². The van der Waals surface area contributed by atoms with E-state index in [1.54, 1.807) is 30.3 Å². The van der Waals surface area contributed by atoms with E-state index < -0.39 is 0 Å². The van der Waals surface area contributed by atoms with Crippen LogP contribution in [0.15, 0.2) is 41.1 Å². The molecular weight excluding hydrogens is 305 g/mol. The molecule has 0 saturated heterocycles. The fourth-order valence-electron chi connectivity index (χ4n) is 1.21. The third-order valence-corrected chi connectivity index (χ3v) is 2.58. The van der Waals surface area contributed by atoms with Gasteiger partial charge in [0, 0.05) is 11.9 Å². The van der Waals surface area contributed by atoms with Gasteiger partial charge in [0.1, 0.15) is 15.5 Å². The monoisotopic (exact) mass is 311 g/mol. The zero-order chi connectivity index (χ0) is 12.3. The van der Waals surface area contributed by atoms with Crippen LogP contribution in [0.3, 0.4) is 0 Å². The number of hydrogen-bond acceptors (Lipinski definition) is 3. The first-order chi connectivity index (χ1) is 8.15. The third kappa shape index (κ3) is 3.25. The Morgan fingerprint density at radius 1 is 1.35 bits per heavy atom. The highest BCUT2D eigenvalue weighted by atomic mass is 79.9. The van der Waals surface area contributed by atoms with Crippen LogP contribution in [0, 0.1) is 0 Å². The molecule has 2 rings (SSSR count). The summed E-state index contributed by atoms with van der Waals surface area (Å²) in [5, 5.41) is 3.00. The quantitative estimate of drug-likeness (QED) is 0.867. The first-order valence-electron chi connectivity index (χ1n) is 4.70. The normalized spacial score (nSPS) is 10.0. The number of rotatable bonds is 2. The molecule has 0 bridgehead atoms. The van der Waals surface area contributed by atoms with Crippen LogP contribution in [-0.4, -0.2) is 15.9 Å². The molecule has 0 aliphatic carbocycles. The van der Waals surface area contributed by atoms with Crippen LogP contribution in [0.1, 0.15) is 10.5 Å². The molecule has 86 valence electrons. The van der Waals surface area contributed by atoms with Crippen LogP contribution in [0.25, 0.3) is 0 Å². The van der Waals surface area contributed by atoms with Crippen molar-refractivity contribution < 1.29 is 4.79 Å². The van der Waals surface area contributed by atoms with Gasteiger partial charge in [0.25, 0.3) is 5.91 Å². The van der Waals surface area contributed by atoms with Crippen molar-refractivity contribution in [1.29, 1.82) is 0 Å². The maximum Gasteiger partial charge on any atom is 0.274 e. The molecule has 0 aliphatic rings. The number of pyridine rings is 2. The molecule has 6 heteroatoms. The summed E-state index contributed by atoms with van der Waals surface area (Å²) in [5.74, 6) is -0.298. The zero-order valence-electron chi connectivity index (χ0n) is 8.52. The van der Waals surface area contributed by atoms with E-state index >= 15 is 0 Å². The Bertz CT molecular complexity index is 562. The van der Waals surface area contributed by atoms with Crippen molar-refractivity contribution in [1.82, 2.24) is 9.97 Å². The first kappa shape index (κ1) is 12.0. The molecule has 0 radical (unpaired) electrons. The predicted molar refractivity (Wildman–Crippen MR) is 69.1 cm³/mol. The Kier molecular flexibility index (Phi) is 3.71. The van der Waals surface area contributed by atoms with Crippen LogP contribution in [0.2, 0.25) is 5.15 Å². The van der Waals surface area contributed by atoms with Gasteiger partial charge in [-0.2, -0.15) is 0 Å². The van der Waals surface area contributed by atoms with Gasteiger partial charge in [-0.25, -0.2) is 9.97 Å². The van der Waals surface area contributed by atoms with E-state index in [-0.39, 0.29) is 5.91 Å². The second-order valence-electron chi connectivity index (χ2n) is 3.17. The number of carbonyl (C=O) groups is 1. The molecule has 1 amide bonds. The molecule has 0 saturated carbocycles. The Morgan fingerprint density at radius 3 is 2.88 bits per heavy atom. The summed E-state index contributed by atoms with van der Waals surface area (Å²) >= 11 is 8.92. The van der Waals surface area contributed by atoms with Gasteiger partial charge in [0.05, 0.1) is 0 Å². The highest BCUT2D eigenvalue weighted by molar-refractivity contribution is 9.10. The fraction of sp³-hybridized carbons (Fsp3) is 0. The second-order valence-corrected chi connectivity index (χ2v) is 4.37. The van der Waals surface area contributed by atoms with Crippen LogP contribution < -0.4 is 5.32 Å². The predicted octanol–water partition coefficient (Wildman–Crippen LogP) is 3.14. The maximum atomic E-state index is 11.8. The van der Waals surface area contributed by atoms with Crippen molar-refractivity contribution in [2.75, 3.05) is 5.32 Å². The number of carbonyl (C=O) groups excluding carboxylic acids is 1. The van der Waals surface area contributed by atoms with Gasteiger partial charge in [0.15, 0.2) is 0 Å². The Balaban J connectivity index is 2.17. The largest absolute Gasteiger partial charge is 0.320 e. The minimum absolute atomic E-state index is 0.298. The standard InChI is InChI=1S/C11H7BrClN3O/c12-9-3-1-2-8(16-9)11(17)15-7-4-5-14-10(13)6-7/h1-6H,(H,14,15,17). The van der Waals surface area contributed by atoms with Crippen LogP contribution in [0.5, 0.6) is 0 Å². The molecule has 0 fully saturated rings. The van der Waals surface area contributed by atoms with Gasteiger partial charge < -0.3 is 5.32 Å². The SMILES string of the molecule is O=C(Nc1ccnc(Cl)c1)c1cccc(Br)n1. The number of nitrogens with one attached hydrogen (secondary N) is 1.